The minimum atomic E-state index is 0. The van der Waals surface area contributed by atoms with E-state index in [1.807, 2.05) is 18.2 Å². The van der Waals surface area contributed by atoms with Gasteiger partial charge in [-0.15, -0.1) is 24.8 Å². The zero-order valence-electron chi connectivity index (χ0n) is 9.23. The van der Waals surface area contributed by atoms with Crippen LogP contribution in [0.2, 0.25) is 0 Å². The molecule has 92 valence electrons. The summed E-state index contributed by atoms with van der Waals surface area (Å²) in [6.45, 7) is 3.04. The lowest BCUT2D eigenvalue weighted by atomic mass is 10.0. The van der Waals surface area contributed by atoms with Crippen LogP contribution in [0.4, 0.5) is 0 Å². The summed E-state index contributed by atoms with van der Waals surface area (Å²) in [5, 5.41) is 6.83. The molecule has 1 aliphatic rings. The van der Waals surface area contributed by atoms with E-state index in [2.05, 4.69) is 16.7 Å². The monoisotopic (exact) mass is 264 g/mol. The highest BCUT2D eigenvalue weighted by molar-refractivity contribution is 5.85. The second-order valence-electron chi connectivity index (χ2n) is 3.45. The summed E-state index contributed by atoms with van der Waals surface area (Å²) >= 11 is 0. The predicted octanol–water partition coefficient (Wildman–Crippen LogP) is 1.77. The molecular weight excluding hydrogens is 247 g/mol. The number of benzene rings is 1. The minimum Gasteiger partial charge on any atom is -0.496 e. The lowest BCUT2D eigenvalue weighted by molar-refractivity contribution is 0.382. The molecule has 0 saturated carbocycles. The van der Waals surface area contributed by atoms with Crippen LogP contribution in [0.1, 0.15) is 11.6 Å². The molecule has 0 spiro atoms. The van der Waals surface area contributed by atoms with Crippen molar-refractivity contribution in [3.8, 4) is 5.75 Å². The van der Waals surface area contributed by atoms with Crippen molar-refractivity contribution in [3.63, 3.8) is 0 Å². The van der Waals surface area contributed by atoms with Crippen LogP contribution in [0, 0.1) is 0 Å². The highest BCUT2D eigenvalue weighted by atomic mass is 35.5. The average molecular weight is 265 g/mol. The molecule has 0 aromatic heterocycles. The van der Waals surface area contributed by atoms with Crippen molar-refractivity contribution in [2.24, 2.45) is 0 Å². The van der Waals surface area contributed by atoms with Gasteiger partial charge in [0.2, 0.25) is 0 Å². The Kier molecular flexibility index (Phi) is 7.51. The van der Waals surface area contributed by atoms with Crippen LogP contribution in [0.25, 0.3) is 0 Å². The largest absolute Gasteiger partial charge is 0.496 e. The number of hydrogen-bond donors (Lipinski definition) is 2. The number of piperazine rings is 1. The van der Waals surface area contributed by atoms with Crippen molar-refractivity contribution >= 4 is 24.8 Å². The SMILES string of the molecule is COc1ccccc1C1CNCCN1.Cl.Cl. The van der Waals surface area contributed by atoms with E-state index in [-0.39, 0.29) is 24.8 Å². The van der Waals surface area contributed by atoms with Crippen molar-refractivity contribution in [1.82, 2.24) is 10.6 Å². The Morgan fingerprint density at radius 3 is 2.56 bits per heavy atom. The van der Waals surface area contributed by atoms with Gasteiger partial charge in [0.15, 0.2) is 0 Å². The first-order valence-corrected chi connectivity index (χ1v) is 4.99. The normalized spacial score (nSPS) is 19.2. The highest BCUT2D eigenvalue weighted by Gasteiger charge is 2.17. The topological polar surface area (TPSA) is 33.3 Å². The van der Waals surface area contributed by atoms with Crippen molar-refractivity contribution in [2.75, 3.05) is 26.7 Å². The Morgan fingerprint density at radius 2 is 1.94 bits per heavy atom. The van der Waals surface area contributed by atoms with E-state index >= 15 is 0 Å². The van der Waals surface area contributed by atoms with Gasteiger partial charge in [0.1, 0.15) is 5.75 Å². The number of methoxy groups -OCH3 is 1. The smallest absolute Gasteiger partial charge is 0.123 e. The molecule has 2 N–H and O–H groups in total. The number of nitrogens with one attached hydrogen (secondary N) is 2. The summed E-state index contributed by atoms with van der Waals surface area (Å²) in [6, 6.07) is 8.54. The molecule has 1 heterocycles. The van der Waals surface area contributed by atoms with Crippen LogP contribution in [0.3, 0.4) is 0 Å². The maximum Gasteiger partial charge on any atom is 0.123 e. The third-order valence-electron chi connectivity index (χ3n) is 2.56. The maximum absolute atomic E-state index is 5.33. The second kappa shape index (κ2) is 7.74. The number of hydrogen-bond acceptors (Lipinski definition) is 3. The lowest BCUT2D eigenvalue weighted by Crippen LogP contribution is -2.42. The second-order valence-corrected chi connectivity index (χ2v) is 3.45. The van der Waals surface area contributed by atoms with E-state index < -0.39 is 0 Å². The number of halogens is 2. The molecule has 1 aromatic rings. The van der Waals surface area contributed by atoms with Gasteiger partial charge in [0, 0.05) is 31.2 Å². The summed E-state index contributed by atoms with van der Waals surface area (Å²) < 4.78 is 5.33. The average Bonchev–Trinajstić information content (AvgIpc) is 2.30. The zero-order valence-corrected chi connectivity index (χ0v) is 10.9. The number of ether oxygens (including phenoxy) is 1. The van der Waals surface area contributed by atoms with Gasteiger partial charge in [-0.1, -0.05) is 18.2 Å². The van der Waals surface area contributed by atoms with Gasteiger partial charge < -0.3 is 15.4 Å². The van der Waals surface area contributed by atoms with Crippen molar-refractivity contribution < 1.29 is 4.74 Å². The molecule has 1 unspecified atom stereocenters. The Labute approximate surface area is 109 Å². The Balaban J connectivity index is 0.00000112. The maximum atomic E-state index is 5.33. The zero-order chi connectivity index (χ0) is 9.80. The van der Waals surface area contributed by atoms with Gasteiger partial charge >= 0.3 is 0 Å². The fourth-order valence-corrected chi connectivity index (χ4v) is 1.83. The first-order chi connectivity index (χ1) is 6.92. The molecule has 1 saturated heterocycles. The first kappa shape index (κ1) is 15.5. The van der Waals surface area contributed by atoms with E-state index in [0.29, 0.717) is 6.04 Å². The number of para-hydroxylation sites is 1. The molecule has 0 radical (unpaired) electrons. The van der Waals surface area contributed by atoms with Crippen LogP contribution in [-0.4, -0.2) is 26.7 Å². The van der Waals surface area contributed by atoms with E-state index in [1.165, 1.54) is 5.56 Å². The fourth-order valence-electron chi connectivity index (χ4n) is 1.83. The molecule has 2 rings (SSSR count). The molecule has 1 atom stereocenters. The molecule has 16 heavy (non-hydrogen) atoms. The van der Waals surface area contributed by atoms with Gasteiger partial charge in [-0.25, -0.2) is 0 Å². The van der Waals surface area contributed by atoms with Crippen molar-refractivity contribution in [1.29, 1.82) is 0 Å². The lowest BCUT2D eigenvalue weighted by Gasteiger charge is -2.26. The summed E-state index contributed by atoms with van der Waals surface area (Å²) in [7, 11) is 1.72. The van der Waals surface area contributed by atoms with Gasteiger partial charge in [-0.05, 0) is 6.07 Å². The van der Waals surface area contributed by atoms with Crippen molar-refractivity contribution in [2.45, 2.75) is 6.04 Å². The quantitative estimate of drug-likeness (QED) is 0.855. The third kappa shape index (κ3) is 3.52. The van der Waals surface area contributed by atoms with Crippen LogP contribution in [-0.2, 0) is 0 Å². The summed E-state index contributed by atoms with van der Waals surface area (Å²) in [6.07, 6.45) is 0. The summed E-state index contributed by atoms with van der Waals surface area (Å²) in [5.41, 5.74) is 1.24. The highest BCUT2D eigenvalue weighted by Crippen LogP contribution is 2.24. The molecule has 5 heteroatoms. The van der Waals surface area contributed by atoms with Gasteiger partial charge in [-0.2, -0.15) is 0 Å². The van der Waals surface area contributed by atoms with Gasteiger partial charge in [0.25, 0.3) is 0 Å². The summed E-state index contributed by atoms with van der Waals surface area (Å²) in [5.74, 6) is 0.966. The predicted molar refractivity (Wildman–Crippen MR) is 71.1 cm³/mol. The third-order valence-corrected chi connectivity index (χ3v) is 2.56. The molecule has 0 bridgehead atoms. The van der Waals surface area contributed by atoms with Crippen LogP contribution >= 0.6 is 24.8 Å². The molecule has 1 aromatic carbocycles. The van der Waals surface area contributed by atoms with E-state index in [4.69, 9.17) is 4.74 Å². The van der Waals surface area contributed by atoms with E-state index in [1.54, 1.807) is 7.11 Å². The standard InChI is InChI=1S/C11H16N2O.2ClH/c1-14-11-5-3-2-4-9(11)10-8-12-6-7-13-10;;/h2-5,10,12-13H,6-8H2,1H3;2*1H. The molecule has 1 fully saturated rings. The Bertz CT molecular complexity index is 304. The molecule has 3 nitrogen and oxygen atoms in total. The first-order valence-electron chi connectivity index (χ1n) is 4.99. The molecule has 0 aliphatic carbocycles. The van der Waals surface area contributed by atoms with Gasteiger partial charge in [-0.3, -0.25) is 0 Å². The Hall–Kier alpha value is -0.480. The number of rotatable bonds is 2. The van der Waals surface area contributed by atoms with Crippen LogP contribution < -0.4 is 15.4 Å². The fraction of sp³-hybridized carbons (Fsp3) is 0.455. The molecule has 0 amide bonds. The van der Waals surface area contributed by atoms with E-state index in [0.717, 1.165) is 25.4 Å². The molecular formula is C11H18Cl2N2O. The van der Waals surface area contributed by atoms with Crippen LogP contribution in [0.15, 0.2) is 24.3 Å². The van der Waals surface area contributed by atoms with Crippen molar-refractivity contribution in [3.05, 3.63) is 29.8 Å². The summed E-state index contributed by atoms with van der Waals surface area (Å²) in [4.78, 5) is 0. The van der Waals surface area contributed by atoms with Gasteiger partial charge in [0.05, 0.1) is 7.11 Å². The Morgan fingerprint density at radius 1 is 1.19 bits per heavy atom. The van der Waals surface area contributed by atoms with Crippen LogP contribution in [0.5, 0.6) is 5.75 Å². The minimum absolute atomic E-state index is 0. The van der Waals surface area contributed by atoms with E-state index in [9.17, 15) is 0 Å². The molecule has 1 aliphatic heterocycles.